The first-order valence-corrected chi connectivity index (χ1v) is 12.8. The number of nitrogens with one attached hydrogen (secondary N) is 1. The largest absolute Gasteiger partial charge is 0.494 e. The monoisotopic (exact) mass is 474 g/mol. The van der Waals surface area contributed by atoms with Gasteiger partial charge in [-0.2, -0.15) is 4.31 Å². The van der Waals surface area contributed by atoms with Gasteiger partial charge in [-0.25, -0.2) is 8.42 Å². The third-order valence-electron chi connectivity index (χ3n) is 6.03. The van der Waals surface area contributed by atoms with Crippen molar-refractivity contribution in [2.45, 2.75) is 37.6 Å². The lowest BCUT2D eigenvalue weighted by Gasteiger charge is -2.31. The molecular weight excluding hydrogens is 444 g/mol. The first-order valence-electron chi connectivity index (χ1n) is 11.3. The van der Waals surface area contributed by atoms with Gasteiger partial charge in [0.2, 0.25) is 15.9 Å². The van der Waals surface area contributed by atoms with Gasteiger partial charge in [-0.1, -0.05) is 12.1 Å². The fourth-order valence-corrected chi connectivity index (χ4v) is 5.61. The number of hydrogen-bond donors (Lipinski definition) is 1. The van der Waals surface area contributed by atoms with Crippen LogP contribution in [0.1, 0.15) is 38.3 Å². The molecule has 0 saturated carbocycles. The Labute approximate surface area is 194 Å². The number of hydrogen-bond acceptors (Lipinski definition) is 6. The Hall–Kier alpha value is -2.78. The summed E-state index contributed by atoms with van der Waals surface area (Å²) < 4.78 is 44.1. The van der Waals surface area contributed by atoms with Crippen molar-refractivity contribution in [2.24, 2.45) is 5.92 Å². The molecule has 0 bridgehead atoms. The molecule has 2 aromatic rings. The summed E-state index contributed by atoms with van der Waals surface area (Å²) in [6, 6.07) is 12.2. The molecular formula is C24H30N2O6S. The molecule has 0 radical (unpaired) electrons. The van der Waals surface area contributed by atoms with E-state index in [2.05, 4.69) is 5.32 Å². The van der Waals surface area contributed by atoms with E-state index in [0.717, 1.165) is 11.3 Å². The molecule has 2 heterocycles. The van der Waals surface area contributed by atoms with E-state index >= 15 is 0 Å². The van der Waals surface area contributed by atoms with Crippen molar-refractivity contribution in [3.8, 4) is 17.2 Å². The summed E-state index contributed by atoms with van der Waals surface area (Å²) >= 11 is 0. The number of benzene rings is 2. The molecule has 0 unspecified atom stereocenters. The normalized spacial score (nSPS) is 17.9. The smallest absolute Gasteiger partial charge is 0.243 e. The van der Waals surface area contributed by atoms with Crippen LogP contribution < -0.4 is 19.5 Å². The Morgan fingerprint density at radius 3 is 2.42 bits per heavy atom. The molecule has 0 spiro atoms. The van der Waals surface area contributed by atoms with Crippen LogP contribution >= 0.6 is 0 Å². The van der Waals surface area contributed by atoms with E-state index in [4.69, 9.17) is 14.2 Å². The van der Waals surface area contributed by atoms with Crippen LogP contribution in [0.4, 0.5) is 0 Å². The molecule has 2 aromatic carbocycles. The van der Waals surface area contributed by atoms with Gasteiger partial charge in [0.1, 0.15) is 19.0 Å². The van der Waals surface area contributed by atoms with E-state index in [9.17, 15) is 13.2 Å². The van der Waals surface area contributed by atoms with Crippen LogP contribution in [0, 0.1) is 5.92 Å². The second-order valence-electron chi connectivity index (χ2n) is 8.22. The molecule has 33 heavy (non-hydrogen) atoms. The fraction of sp³-hybridized carbons (Fsp3) is 0.458. The van der Waals surface area contributed by atoms with Gasteiger partial charge in [0, 0.05) is 25.1 Å². The van der Waals surface area contributed by atoms with Gasteiger partial charge in [-0.3, -0.25) is 4.79 Å². The highest BCUT2D eigenvalue weighted by Gasteiger charge is 2.33. The highest BCUT2D eigenvalue weighted by molar-refractivity contribution is 7.89. The van der Waals surface area contributed by atoms with Gasteiger partial charge in [-0.15, -0.1) is 0 Å². The van der Waals surface area contributed by atoms with Gasteiger partial charge in [0.15, 0.2) is 11.5 Å². The number of amides is 1. The molecule has 0 aromatic heterocycles. The highest BCUT2D eigenvalue weighted by atomic mass is 32.2. The molecule has 2 aliphatic rings. The molecule has 1 fully saturated rings. The quantitative estimate of drug-likeness (QED) is 0.663. The summed E-state index contributed by atoms with van der Waals surface area (Å²) in [6.07, 6.45) is 0.956. The zero-order chi connectivity index (χ0) is 23.4. The number of rotatable bonds is 7. The van der Waals surface area contributed by atoms with Gasteiger partial charge < -0.3 is 19.5 Å². The van der Waals surface area contributed by atoms with E-state index in [1.54, 1.807) is 12.1 Å². The Bertz CT molecular complexity index is 1080. The van der Waals surface area contributed by atoms with Crippen LogP contribution in [0.15, 0.2) is 47.4 Å². The van der Waals surface area contributed by atoms with E-state index < -0.39 is 10.0 Å². The molecule has 2 aliphatic heterocycles. The van der Waals surface area contributed by atoms with Crippen molar-refractivity contribution in [2.75, 3.05) is 32.9 Å². The van der Waals surface area contributed by atoms with E-state index in [1.807, 2.05) is 38.1 Å². The van der Waals surface area contributed by atoms with Crippen molar-refractivity contribution in [1.82, 2.24) is 9.62 Å². The first-order chi connectivity index (χ1) is 15.9. The minimum Gasteiger partial charge on any atom is -0.494 e. The Balaban J connectivity index is 1.33. The highest BCUT2D eigenvalue weighted by Crippen LogP contribution is 2.34. The molecule has 178 valence electrons. The Morgan fingerprint density at radius 2 is 1.76 bits per heavy atom. The Kier molecular flexibility index (Phi) is 7.09. The maximum absolute atomic E-state index is 13.1. The SMILES string of the molecule is CCOc1ccc([C@@H](C)NC(=O)C2CCN(S(=O)(=O)c3ccc4c(c3)OCCO4)CC2)cc1. The molecule has 0 aliphatic carbocycles. The number of piperidine rings is 1. The van der Waals surface area contributed by atoms with E-state index in [1.165, 1.54) is 10.4 Å². The predicted molar refractivity (Wildman–Crippen MR) is 123 cm³/mol. The van der Waals surface area contributed by atoms with Crippen molar-refractivity contribution < 1.29 is 27.4 Å². The lowest BCUT2D eigenvalue weighted by Crippen LogP contribution is -2.43. The van der Waals surface area contributed by atoms with Crippen LogP contribution in [-0.4, -0.2) is 51.5 Å². The molecule has 4 rings (SSSR count). The molecule has 9 heteroatoms. The summed E-state index contributed by atoms with van der Waals surface area (Å²) in [5.41, 5.74) is 0.991. The van der Waals surface area contributed by atoms with Crippen molar-refractivity contribution in [3.63, 3.8) is 0 Å². The van der Waals surface area contributed by atoms with Gasteiger partial charge in [0.05, 0.1) is 17.5 Å². The van der Waals surface area contributed by atoms with Crippen LogP contribution in [0.5, 0.6) is 17.2 Å². The minimum atomic E-state index is -3.67. The zero-order valence-electron chi connectivity index (χ0n) is 19.0. The number of carbonyl (C=O) groups excluding carboxylic acids is 1. The molecule has 1 amide bonds. The summed E-state index contributed by atoms with van der Waals surface area (Å²) in [6.45, 7) is 5.92. The molecule has 1 N–H and O–H groups in total. The van der Waals surface area contributed by atoms with E-state index in [-0.39, 0.29) is 22.8 Å². The van der Waals surface area contributed by atoms with Gasteiger partial charge in [-0.05, 0) is 56.5 Å². The van der Waals surface area contributed by atoms with Crippen LogP contribution in [0.25, 0.3) is 0 Å². The van der Waals surface area contributed by atoms with Crippen LogP contribution in [0.2, 0.25) is 0 Å². The summed E-state index contributed by atoms with van der Waals surface area (Å²) in [7, 11) is -3.67. The number of ether oxygens (including phenoxy) is 3. The average Bonchev–Trinajstić information content (AvgIpc) is 2.84. The molecule has 1 saturated heterocycles. The molecule has 1 atom stereocenters. The van der Waals surface area contributed by atoms with Crippen molar-refractivity contribution in [1.29, 1.82) is 0 Å². The minimum absolute atomic E-state index is 0.0484. The average molecular weight is 475 g/mol. The number of sulfonamides is 1. The van der Waals surface area contributed by atoms with Crippen molar-refractivity contribution in [3.05, 3.63) is 48.0 Å². The third kappa shape index (κ3) is 5.25. The van der Waals surface area contributed by atoms with Crippen LogP contribution in [-0.2, 0) is 14.8 Å². The lowest BCUT2D eigenvalue weighted by molar-refractivity contribution is -0.126. The second-order valence-corrected chi connectivity index (χ2v) is 10.2. The number of fused-ring (bicyclic) bond motifs is 1. The van der Waals surface area contributed by atoms with Gasteiger partial charge in [0.25, 0.3) is 0 Å². The standard InChI is InChI=1S/C24H30N2O6S/c1-3-30-20-6-4-18(5-7-20)17(2)25-24(27)19-10-12-26(13-11-19)33(28,29)21-8-9-22-23(16-21)32-15-14-31-22/h4-9,16-17,19H,3,10-15H2,1-2H3,(H,25,27)/t17-/m1/s1. The van der Waals surface area contributed by atoms with E-state index in [0.29, 0.717) is 57.3 Å². The maximum Gasteiger partial charge on any atom is 0.243 e. The predicted octanol–water partition coefficient (Wildman–Crippen LogP) is 3.13. The maximum atomic E-state index is 13.1. The Morgan fingerprint density at radius 1 is 1.09 bits per heavy atom. The van der Waals surface area contributed by atoms with Crippen molar-refractivity contribution >= 4 is 15.9 Å². The lowest BCUT2D eigenvalue weighted by atomic mass is 9.96. The van der Waals surface area contributed by atoms with Crippen LogP contribution in [0.3, 0.4) is 0 Å². The fourth-order valence-electron chi connectivity index (χ4n) is 4.13. The summed E-state index contributed by atoms with van der Waals surface area (Å²) in [5.74, 6) is 1.53. The summed E-state index contributed by atoms with van der Waals surface area (Å²) in [5, 5.41) is 3.06. The summed E-state index contributed by atoms with van der Waals surface area (Å²) in [4.78, 5) is 13.0. The number of nitrogens with zero attached hydrogens (tertiary/aromatic N) is 1. The second kappa shape index (κ2) is 10.0. The molecule has 8 nitrogen and oxygen atoms in total. The number of carbonyl (C=O) groups is 1. The third-order valence-corrected chi connectivity index (χ3v) is 7.92. The topological polar surface area (TPSA) is 94.2 Å². The van der Waals surface area contributed by atoms with Gasteiger partial charge >= 0.3 is 0 Å². The zero-order valence-corrected chi connectivity index (χ0v) is 19.8. The first kappa shape index (κ1) is 23.4.